The van der Waals surface area contributed by atoms with E-state index in [4.69, 9.17) is 8.92 Å². The summed E-state index contributed by atoms with van der Waals surface area (Å²) in [6.45, 7) is 1.75. The number of amides is 1. The molecule has 0 aliphatic heterocycles. The number of nitrogens with one attached hydrogen (secondary N) is 1. The maximum absolute atomic E-state index is 13.1. The quantitative estimate of drug-likeness (QED) is 0.498. The SMILES string of the molecule is COc1ccc(C(=O)NC2(C(=O)O)Cc3ccccc3C2)cc1OS(=O)(=O)c1cccc(C)c1. The summed E-state index contributed by atoms with van der Waals surface area (Å²) in [5.74, 6) is -1.90. The fourth-order valence-corrected chi connectivity index (χ4v) is 5.06. The molecule has 1 amide bonds. The van der Waals surface area contributed by atoms with E-state index in [2.05, 4.69) is 5.32 Å². The van der Waals surface area contributed by atoms with E-state index in [1.165, 1.54) is 37.4 Å². The van der Waals surface area contributed by atoms with Gasteiger partial charge < -0.3 is 19.3 Å². The average molecular weight is 482 g/mol. The maximum Gasteiger partial charge on any atom is 0.339 e. The van der Waals surface area contributed by atoms with Gasteiger partial charge in [-0.3, -0.25) is 4.79 Å². The lowest BCUT2D eigenvalue weighted by molar-refractivity contribution is -0.144. The zero-order chi connectivity index (χ0) is 24.5. The van der Waals surface area contributed by atoms with Crippen molar-refractivity contribution in [2.45, 2.75) is 30.2 Å². The molecule has 4 rings (SSSR count). The highest BCUT2D eigenvalue weighted by molar-refractivity contribution is 7.87. The molecule has 0 atom stereocenters. The van der Waals surface area contributed by atoms with E-state index in [-0.39, 0.29) is 34.8 Å². The number of rotatable bonds is 7. The van der Waals surface area contributed by atoms with Crippen LogP contribution in [0.25, 0.3) is 0 Å². The molecule has 9 heteroatoms. The first kappa shape index (κ1) is 23.3. The monoisotopic (exact) mass is 481 g/mol. The molecule has 0 aromatic heterocycles. The van der Waals surface area contributed by atoms with Crippen molar-refractivity contribution in [1.29, 1.82) is 0 Å². The largest absolute Gasteiger partial charge is 0.493 e. The number of carbonyl (C=O) groups is 2. The number of carboxylic acids is 1. The fraction of sp³-hybridized carbons (Fsp3) is 0.200. The van der Waals surface area contributed by atoms with Crippen LogP contribution in [-0.4, -0.2) is 38.0 Å². The highest BCUT2D eigenvalue weighted by Gasteiger charge is 2.45. The molecule has 0 heterocycles. The zero-order valence-corrected chi connectivity index (χ0v) is 19.4. The summed E-state index contributed by atoms with van der Waals surface area (Å²) in [5, 5.41) is 12.6. The molecule has 0 fully saturated rings. The molecular weight excluding hydrogens is 458 g/mol. The van der Waals surface area contributed by atoms with E-state index in [0.29, 0.717) is 0 Å². The Morgan fingerprint density at radius 1 is 0.941 bits per heavy atom. The number of benzene rings is 3. The molecule has 2 N–H and O–H groups in total. The second-order valence-corrected chi connectivity index (χ2v) is 9.73. The summed E-state index contributed by atoms with van der Waals surface area (Å²) in [7, 11) is -2.86. The van der Waals surface area contributed by atoms with E-state index in [0.717, 1.165) is 16.7 Å². The predicted molar refractivity (Wildman–Crippen MR) is 124 cm³/mol. The van der Waals surface area contributed by atoms with E-state index in [1.54, 1.807) is 19.1 Å². The van der Waals surface area contributed by atoms with Crippen LogP contribution >= 0.6 is 0 Å². The number of fused-ring (bicyclic) bond motifs is 1. The Kier molecular flexibility index (Phi) is 6.05. The van der Waals surface area contributed by atoms with E-state index >= 15 is 0 Å². The van der Waals surface area contributed by atoms with Crippen molar-refractivity contribution in [1.82, 2.24) is 5.32 Å². The highest BCUT2D eigenvalue weighted by Crippen LogP contribution is 2.33. The van der Waals surface area contributed by atoms with Crippen molar-refractivity contribution in [3.8, 4) is 11.5 Å². The van der Waals surface area contributed by atoms with Crippen LogP contribution in [-0.2, 0) is 27.8 Å². The zero-order valence-electron chi connectivity index (χ0n) is 18.6. The molecule has 176 valence electrons. The first-order valence-corrected chi connectivity index (χ1v) is 11.9. The summed E-state index contributed by atoms with van der Waals surface area (Å²) in [6, 6.07) is 17.6. The number of carbonyl (C=O) groups excluding carboxylic acids is 1. The summed E-state index contributed by atoms with van der Waals surface area (Å²) in [6.07, 6.45) is 0.289. The van der Waals surface area contributed by atoms with Gasteiger partial charge >= 0.3 is 16.1 Å². The third kappa shape index (κ3) is 4.47. The minimum Gasteiger partial charge on any atom is -0.493 e. The molecule has 0 saturated heterocycles. The molecule has 8 nitrogen and oxygen atoms in total. The van der Waals surface area contributed by atoms with Crippen LogP contribution in [0.5, 0.6) is 11.5 Å². The molecule has 0 radical (unpaired) electrons. The first-order chi connectivity index (χ1) is 16.1. The van der Waals surface area contributed by atoms with E-state index in [9.17, 15) is 23.1 Å². The van der Waals surface area contributed by atoms with Crippen LogP contribution < -0.4 is 14.2 Å². The lowest BCUT2D eigenvalue weighted by Gasteiger charge is -2.25. The summed E-state index contributed by atoms with van der Waals surface area (Å²) >= 11 is 0. The molecule has 3 aromatic carbocycles. The minimum atomic E-state index is -4.20. The normalized spacial score (nSPS) is 14.2. The van der Waals surface area contributed by atoms with Crippen LogP contribution in [0.15, 0.2) is 71.6 Å². The number of methoxy groups -OCH3 is 1. The predicted octanol–water partition coefficient (Wildman–Crippen LogP) is 3.12. The lowest BCUT2D eigenvalue weighted by atomic mass is 9.95. The van der Waals surface area contributed by atoms with Crippen molar-refractivity contribution in [3.63, 3.8) is 0 Å². The van der Waals surface area contributed by atoms with Gasteiger partial charge in [-0.15, -0.1) is 0 Å². The minimum absolute atomic E-state index is 0.0341. The molecule has 0 saturated carbocycles. The molecule has 3 aromatic rings. The smallest absolute Gasteiger partial charge is 0.339 e. The molecular formula is C25H23NO7S. The molecule has 1 aliphatic rings. The van der Waals surface area contributed by atoms with Crippen LogP contribution in [0.3, 0.4) is 0 Å². The molecule has 0 unspecified atom stereocenters. The number of ether oxygens (including phenoxy) is 1. The number of hydrogen-bond donors (Lipinski definition) is 2. The van der Waals surface area contributed by atoms with Gasteiger partial charge in [-0.05, 0) is 53.9 Å². The topological polar surface area (TPSA) is 119 Å². The van der Waals surface area contributed by atoms with Gasteiger partial charge in [0.2, 0.25) is 0 Å². The van der Waals surface area contributed by atoms with Crippen molar-refractivity contribution in [3.05, 3.63) is 89.0 Å². The van der Waals surface area contributed by atoms with E-state index < -0.39 is 27.5 Å². The highest BCUT2D eigenvalue weighted by atomic mass is 32.2. The Hall–Kier alpha value is -3.85. The number of aryl methyl sites for hydroxylation is 1. The van der Waals surface area contributed by atoms with Crippen LogP contribution in [0.2, 0.25) is 0 Å². The molecule has 34 heavy (non-hydrogen) atoms. The fourth-order valence-electron chi connectivity index (χ4n) is 4.02. The van der Waals surface area contributed by atoms with E-state index in [1.807, 2.05) is 24.3 Å². The second kappa shape index (κ2) is 8.83. The van der Waals surface area contributed by atoms with Crippen molar-refractivity contribution in [2.75, 3.05) is 7.11 Å². The Morgan fingerprint density at radius 3 is 2.21 bits per heavy atom. The molecule has 0 bridgehead atoms. The van der Waals surface area contributed by atoms with Crippen molar-refractivity contribution in [2.24, 2.45) is 0 Å². The standard InChI is InChI=1S/C25H23NO7S/c1-16-6-5-9-20(12-16)34(30,31)33-22-13-17(10-11-21(22)32-2)23(27)26-25(24(28)29)14-18-7-3-4-8-19(18)15-25/h3-13H,14-15H2,1-2H3,(H,26,27)(H,28,29). The lowest BCUT2D eigenvalue weighted by Crippen LogP contribution is -2.55. The number of aliphatic carboxylic acids is 1. The Labute approximate surface area is 197 Å². The van der Waals surface area contributed by atoms with Crippen LogP contribution in [0, 0.1) is 6.92 Å². The van der Waals surface area contributed by atoms with Gasteiger partial charge in [0.1, 0.15) is 10.4 Å². The van der Waals surface area contributed by atoms with Crippen LogP contribution in [0.1, 0.15) is 27.0 Å². The van der Waals surface area contributed by atoms with Gasteiger partial charge in [-0.25, -0.2) is 4.79 Å². The number of carboxylic acid groups (broad SMARTS) is 1. The van der Waals surface area contributed by atoms with Gasteiger partial charge in [-0.1, -0.05) is 36.4 Å². The summed E-state index contributed by atoms with van der Waals surface area (Å²) in [5.41, 5.74) is 0.976. The van der Waals surface area contributed by atoms with Crippen LogP contribution in [0.4, 0.5) is 0 Å². The summed E-state index contributed by atoms with van der Waals surface area (Å²) in [4.78, 5) is 25.2. The Bertz CT molecular complexity index is 1360. The maximum atomic E-state index is 13.1. The van der Waals surface area contributed by atoms with Gasteiger partial charge in [0, 0.05) is 18.4 Å². The molecule has 1 aliphatic carbocycles. The molecule has 0 spiro atoms. The summed E-state index contributed by atoms with van der Waals surface area (Å²) < 4.78 is 36.1. The Balaban J connectivity index is 1.62. The van der Waals surface area contributed by atoms with Gasteiger partial charge in [0.05, 0.1) is 7.11 Å². The second-order valence-electron chi connectivity index (χ2n) is 8.18. The van der Waals surface area contributed by atoms with Gasteiger partial charge in [-0.2, -0.15) is 8.42 Å². The third-order valence-corrected chi connectivity index (χ3v) is 7.00. The Morgan fingerprint density at radius 2 is 1.62 bits per heavy atom. The average Bonchev–Trinajstić information content (AvgIpc) is 3.18. The number of hydrogen-bond acceptors (Lipinski definition) is 6. The van der Waals surface area contributed by atoms with Crippen molar-refractivity contribution < 1.29 is 32.0 Å². The first-order valence-electron chi connectivity index (χ1n) is 10.5. The van der Waals surface area contributed by atoms with Gasteiger partial charge in [0.25, 0.3) is 5.91 Å². The van der Waals surface area contributed by atoms with Gasteiger partial charge in [0.15, 0.2) is 11.5 Å². The van der Waals surface area contributed by atoms with Crippen molar-refractivity contribution >= 4 is 22.0 Å². The third-order valence-electron chi connectivity index (χ3n) is 5.77.